The van der Waals surface area contributed by atoms with Crippen LogP contribution in [-0.4, -0.2) is 17.1 Å². The fraction of sp³-hybridized carbons (Fsp3) is 0.667. The molecule has 1 heterocycles. The maximum Gasteiger partial charge on any atom is 0.159 e. The Balaban J connectivity index is 2.21. The summed E-state index contributed by atoms with van der Waals surface area (Å²) in [7, 11) is 1.75. The van der Waals surface area contributed by atoms with E-state index in [1.807, 2.05) is 6.07 Å². The summed E-state index contributed by atoms with van der Waals surface area (Å²) in [5.41, 5.74) is 0. The Morgan fingerprint density at radius 3 is 2.29 bits per heavy atom. The number of nitrogens with zero attached hydrogens (tertiary/aromatic N) is 2. The van der Waals surface area contributed by atoms with Crippen molar-refractivity contribution in [1.82, 2.24) is 9.97 Å². The van der Waals surface area contributed by atoms with Crippen molar-refractivity contribution in [2.45, 2.75) is 38.2 Å². The van der Waals surface area contributed by atoms with E-state index in [2.05, 4.69) is 41.8 Å². The number of halogens is 2. The third kappa shape index (κ3) is 3.48. The third-order valence-electron chi connectivity index (χ3n) is 3.27. The molecule has 1 saturated carbocycles. The highest BCUT2D eigenvalue weighted by atomic mass is 79.9. The zero-order valence-electron chi connectivity index (χ0n) is 9.83. The standard InChI is InChI=1S/C12H16Br2N2O/c1-17-11(8-5-3-2-4-6-8)12-15-9(13)7-10(14)16-12/h7-8,11H,2-6H2,1H3. The average molecular weight is 364 g/mol. The molecule has 0 aliphatic heterocycles. The summed E-state index contributed by atoms with van der Waals surface area (Å²) >= 11 is 6.80. The maximum absolute atomic E-state index is 5.62. The van der Waals surface area contributed by atoms with Gasteiger partial charge in [0.1, 0.15) is 15.3 Å². The molecular formula is C12H16Br2N2O. The van der Waals surface area contributed by atoms with Crippen LogP contribution in [0.3, 0.4) is 0 Å². The highest BCUT2D eigenvalue weighted by molar-refractivity contribution is 9.11. The van der Waals surface area contributed by atoms with Crippen LogP contribution in [0.25, 0.3) is 0 Å². The van der Waals surface area contributed by atoms with Crippen LogP contribution in [0.2, 0.25) is 0 Å². The molecule has 0 spiro atoms. The lowest BCUT2D eigenvalue weighted by Gasteiger charge is -2.28. The van der Waals surface area contributed by atoms with E-state index in [-0.39, 0.29) is 6.10 Å². The van der Waals surface area contributed by atoms with E-state index in [1.165, 1.54) is 32.1 Å². The zero-order chi connectivity index (χ0) is 12.3. The van der Waals surface area contributed by atoms with Crippen LogP contribution >= 0.6 is 31.9 Å². The second kappa shape index (κ2) is 6.25. The van der Waals surface area contributed by atoms with Crippen molar-refractivity contribution < 1.29 is 4.74 Å². The molecule has 17 heavy (non-hydrogen) atoms. The van der Waals surface area contributed by atoms with Gasteiger partial charge in [-0.15, -0.1) is 0 Å². The van der Waals surface area contributed by atoms with Crippen molar-refractivity contribution in [3.63, 3.8) is 0 Å². The molecule has 0 amide bonds. The molecule has 1 aromatic heterocycles. The molecule has 0 aromatic carbocycles. The summed E-state index contributed by atoms with van der Waals surface area (Å²) in [6.45, 7) is 0. The Morgan fingerprint density at radius 2 is 1.76 bits per heavy atom. The minimum atomic E-state index is 0.0177. The van der Waals surface area contributed by atoms with Crippen LogP contribution in [0, 0.1) is 5.92 Å². The van der Waals surface area contributed by atoms with Gasteiger partial charge in [0, 0.05) is 13.2 Å². The molecule has 5 heteroatoms. The predicted molar refractivity (Wildman–Crippen MR) is 73.8 cm³/mol. The van der Waals surface area contributed by atoms with E-state index in [0.29, 0.717) is 5.92 Å². The molecule has 1 atom stereocenters. The molecule has 1 aliphatic rings. The van der Waals surface area contributed by atoms with Crippen LogP contribution in [0.5, 0.6) is 0 Å². The van der Waals surface area contributed by atoms with Gasteiger partial charge in [0.25, 0.3) is 0 Å². The normalized spacial score (nSPS) is 19.2. The van der Waals surface area contributed by atoms with Gasteiger partial charge in [-0.05, 0) is 50.6 Å². The third-order valence-corrected chi connectivity index (χ3v) is 4.08. The van der Waals surface area contributed by atoms with E-state index < -0.39 is 0 Å². The Morgan fingerprint density at radius 1 is 1.18 bits per heavy atom. The van der Waals surface area contributed by atoms with Gasteiger partial charge < -0.3 is 4.74 Å². The van der Waals surface area contributed by atoms with E-state index in [0.717, 1.165) is 15.0 Å². The lowest BCUT2D eigenvalue weighted by Crippen LogP contribution is -2.20. The fourth-order valence-electron chi connectivity index (χ4n) is 2.48. The smallest absolute Gasteiger partial charge is 0.159 e. The molecule has 0 saturated heterocycles. The second-order valence-corrected chi connectivity index (χ2v) is 6.05. The van der Waals surface area contributed by atoms with E-state index in [9.17, 15) is 0 Å². The van der Waals surface area contributed by atoms with Crippen molar-refractivity contribution in [2.75, 3.05) is 7.11 Å². The van der Waals surface area contributed by atoms with Gasteiger partial charge in [0.2, 0.25) is 0 Å². The van der Waals surface area contributed by atoms with Crippen LogP contribution in [0.4, 0.5) is 0 Å². The van der Waals surface area contributed by atoms with Gasteiger partial charge in [0.05, 0.1) is 0 Å². The molecular weight excluding hydrogens is 348 g/mol. The summed E-state index contributed by atoms with van der Waals surface area (Å²) < 4.78 is 7.22. The van der Waals surface area contributed by atoms with Gasteiger partial charge in [-0.1, -0.05) is 19.3 Å². The topological polar surface area (TPSA) is 35.0 Å². The monoisotopic (exact) mass is 362 g/mol. The number of aromatic nitrogens is 2. The highest BCUT2D eigenvalue weighted by Crippen LogP contribution is 2.35. The number of methoxy groups -OCH3 is 1. The van der Waals surface area contributed by atoms with Crippen molar-refractivity contribution in [1.29, 1.82) is 0 Å². The largest absolute Gasteiger partial charge is 0.373 e. The first-order valence-corrected chi connectivity index (χ1v) is 7.52. The number of rotatable bonds is 3. The van der Waals surface area contributed by atoms with Crippen molar-refractivity contribution in [3.8, 4) is 0 Å². The highest BCUT2D eigenvalue weighted by Gasteiger charge is 2.27. The van der Waals surface area contributed by atoms with E-state index in [4.69, 9.17) is 4.74 Å². The summed E-state index contributed by atoms with van der Waals surface area (Å²) in [5.74, 6) is 1.33. The molecule has 1 unspecified atom stereocenters. The molecule has 1 aromatic rings. The lowest BCUT2D eigenvalue weighted by molar-refractivity contribution is 0.0286. The van der Waals surface area contributed by atoms with Gasteiger partial charge in [-0.3, -0.25) is 0 Å². The number of hydrogen-bond acceptors (Lipinski definition) is 3. The Labute approximate surface area is 119 Å². The Bertz CT molecular complexity index is 361. The predicted octanol–water partition coefficient (Wildman–Crippen LogP) is 4.27. The molecule has 1 aliphatic carbocycles. The summed E-state index contributed by atoms with van der Waals surface area (Å²) in [5, 5.41) is 0. The summed E-state index contributed by atoms with van der Waals surface area (Å²) in [6, 6.07) is 1.84. The van der Waals surface area contributed by atoms with Crippen molar-refractivity contribution in [3.05, 3.63) is 21.1 Å². The molecule has 0 radical (unpaired) electrons. The first-order valence-electron chi connectivity index (χ1n) is 5.93. The summed E-state index contributed by atoms with van der Waals surface area (Å²) in [4.78, 5) is 8.86. The van der Waals surface area contributed by atoms with Gasteiger partial charge in [-0.2, -0.15) is 0 Å². The van der Waals surface area contributed by atoms with Crippen molar-refractivity contribution in [2.24, 2.45) is 5.92 Å². The number of ether oxygens (including phenoxy) is 1. The van der Waals surface area contributed by atoms with Crippen LogP contribution < -0.4 is 0 Å². The quantitative estimate of drug-likeness (QED) is 0.752. The minimum Gasteiger partial charge on any atom is -0.373 e. The van der Waals surface area contributed by atoms with Crippen LogP contribution in [0.15, 0.2) is 15.3 Å². The summed E-state index contributed by atoms with van der Waals surface area (Å²) in [6.07, 6.45) is 6.37. The van der Waals surface area contributed by atoms with Gasteiger partial charge in [0.15, 0.2) is 5.82 Å². The van der Waals surface area contributed by atoms with Crippen molar-refractivity contribution >= 4 is 31.9 Å². The molecule has 94 valence electrons. The first-order chi connectivity index (χ1) is 8.20. The average Bonchev–Trinajstić information content (AvgIpc) is 2.30. The van der Waals surface area contributed by atoms with Crippen LogP contribution in [-0.2, 0) is 4.74 Å². The zero-order valence-corrected chi connectivity index (χ0v) is 13.0. The minimum absolute atomic E-state index is 0.0177. The van der Waals surface area contributed by atoms with E-state index >= 15 is 0 Å². The lowest BCUT2D eigenvalue weighted by atomic mass is 9.85. The molecule has 0 bridgehead atoms. The Kier molecular flexibility index (Phi) is 4.94. The molecule has 2 rings (SSSR count). The number of hydrogen-bond donors (Lipinski definition) is 0. The second-order valence-electron chi connectivity index (χ2n) is 4.43. The fourth-order valence-corrected chi connectivity index (χ4v) is 3.58. The maximum atomic E-state index is 5.62. The first kappa shape index (κ1) is 13.4. The molecule has 0 N–H and O–H groups in total. The Hall–Kier alpha value is -0.0000000000000000555. The van der Waals surface area contributed by atoms with E-state index in [1.54, 1.807) is 7.11 Å². The molecule has 3 nitrogen and oxygen atoms in total. The SMILES string of the molecule is COC(c1nc(Br)cc(Br)n1)C1CCCCC1. The molecule has 1 fully saturated rings. The van der Waals surface area contributed by atoms with Gasteiger partial charge >= 0.3 is 0 Å². The van der Waals surface area contributed by atoms with Gasteiger partial charge in [-0.25, -0.2) is 9.97 Å². The van der Waals surface area contributed by atoms with Crippen LogP contribution in [0.1, 0.15) is 44.0 Å².